The summed E-state index contributed by atoms with van der Waals surface area (Å²) in [4.78, 5) is 21.3. The molecule has 152 valence electrons. The smallest absolute Gasteiger partial charge is 0.251 e. The summed E-state index contributed by atoms with van der Waals surface area (Å²) in [7, 11) is 0. The maximum absolute atomic E-state index is 13.0. The molecule has 3 heterocycles. The first-order valence-corrected chi connectivity index (χ1v) is 10.9. The van der Waals surface area contributed by atoms with Crippen LogP contribution < -0.4 is 10.6 Å². The number of nitrogens with zero attached hydrogens (tertiary/aromatic N) is 5. The van der Waals surface area contributed by atoms with E-state index in [1.54, 1.807) is 42.4 Å². The fourth-order valence-electron chi connectivity index (χ4n) is 3.07. The van der Waals surface area contributed by atoms with Crippen molar-refractivity contribution in [2.45, 2.75) is 12.5 Å². The molecular formula is C21H21N7OS. The van der Waals surface area contributed by atoms with Gasteiger partial charge in [0.25, 0.3) is 5.91 Å². The largest absolute Gasteiger partial charge is 0.342 e. The van der Waals surface area contributed by atoms with Crippen LogP contribution in [0.4, 0.5) is 11.6 Å². The van der Waals surface area contributed by atoms with E-state index in [1.807, 2.05) is 47.2 Å². The summed E-state index contributed by atoms with van der Waals surface area (Å²) in [5.41, 5.74) is 2.03. The molecule has 0 saturated heterocycles. The molecule has 0 aliphatic heterocycles. The molecule has 1 atom stereocenters. The van der Waals surface area contributed by atoms with E-state index in [0.29, 0.717) is 11.5 Å². The lowest BCUT2D eigenvalue weighted by atomic mass is 10.1. The maximum Gasteiger partial charge on any atom is 0.251 e. The number of carbonyl (C=O) groups excluding carboxylic acids is 1. The van der Waals surface area contributed by atoms with Gasteiger partial charge in [-0.25, -0.2) is 9.97 Å². The van der Waals surface area contributed by atoms with Crippen LogP contribution in [-0.2, 0) is 0 Å². The second-order valence-corrected chi connectivity index (χ2v) is 7.56. The minimum Gasteiger partial charge on any atom is -0.342 e. The molecule has 3 aromatic heterocycles. The van der Waals surface area contributed by atoms with E-state index in [1.165, 1.54) is 0 Å². The van der Waals surface area contributed by atoms with E-state index in [-0.39, 0.29) is 11.9 Å². The van der Waals surface area contributed by atoms with Gasteiger partial charge < -0.3 is 10.6 Å². The molecule has 30 heavy (non-hydrogen) atoms. The number of nitrogens with one attached hydrogen (secondary N) is 2. The van der Waals surface area contributed by atoms with E-state index >= 15 is 0 Å². The Balaban J connectivity index is 1.55. The van der Waals surface area contributed by atoms with E-state index < -0.39 is 0 Å². The highest BCUT2D eigenvalue weighted by Gasteiger charge is 2.21. The minimum atomic E-state index is -0.253. The molecule has 0 radical (unpaired) electrons. The van der Waals surface area contributed by atoms with Gasteiger partial charge in [0, 0.05) is 29.8 Å². The van der Waals surface area contributed by atoms with Crippen LogP contribution in [0.1, 0.15) is 28.6 Å². The topological polar surface area (TPSA) is 97.1 Å². The van der Waals surface area contributed by atoms with Crippen molar-refractivity contribution in [3.8, 4) is 0 Å². The standard InChI is InChI=1S/C21H21N7OS/c1-30-13-9-17(19-27-26-18-8-2-3-12-28(18)19)25-20(29)15-6-4-7-16(14-15)24-21-22-10-5-11-23-21/h2-8,10-12,14,17H,9,13H2,1H3,(H,25,29)(H,22,23,24). The van der Waals surface area contributed by atoms with Crippen molar-refractivity contribution in [2.75, 3.05) is 17.3 Å². The zero-order valence-electron chi connectivity index (χ0n) is 16.4. The van der Waals surface area contributed by atoms with Crippen molar-refractivity contribution in [3.63, 3.8) is 0 Å². The maximum atomic E-state index is 13.0. The van der Waals surface area contributed by atoms with Gasteiger partial charge in [0.05, 0.1) is 6.04 Å². The van der Waals surface area contributed by atoms with E-state index in [2.05, 4.69) is 30.8 Å². The van der Waals surface area contributed by atoms with Crippen molar-refractivity contribution in [1.82, 2.24) is 29.9 Å². The summed E-state index contributed by atoms with van der Waals surface area (Å²) in [6.45, 7) is 0. The summed E-state index contributed by atoms with van der Waals surface area (Å²) in [5.74, 6) is 1.91. The molecule has 0 aliphatic rings. The van der Waals surface area contributed by atoms with Gasteiger partial charge in [0.2, 0.25) is 5.95 Å². The molecule has 8 nitrogen and oxygen atoms in total. The Morgan fingerprint density at radius 3 is 2.80 bits per heavy atom. The molecule has 0 spiro atoms. The molecule has 4 aromatic rings. The normalized spacial score (nSPS) is 11.9. The zero-order valence-corrected chi connectivity index (χ0v) is 17.2. The van der Waals surface area contributed by atoms with Gasteiger partial charge in [-0.1, -0.05) is 12.1 Å². The van der Waals surface area contributed by atoms with Crippen molar-refractivity contribution in [2.24, 2.45) is 0 Å². The van der Waals surface area contributed by atoms with Crippen molar-refractivity contribution in [3.05, 3.63) is 78.5 Å². The fraction of sp³-hybridized carbons (Fsp3) is 0.190. The highest BCUT2D eigenvalue weighted by atomic mass is 32.2. The van der Waals surface area contributed by atoms with Crippen LogP contribution in [0.2, 0.25) is 0 Å². The molecule has 9 heteroatoms. The van der Waals surface area contributed by atoms with Crippen molar-refractivity contribution >= 4 is 35.0 Å². The zero-order chi connectivity index (χ0) is 20.8. The average Bonchev–Trinajstić information content (AvgIpc) is 3.21. The molecule has 0 saturated carbocycles. The number of carbonyl (C=O) groups is 1. The van der Waals surface area contributed by atoms with Crippen LogP contribution in [0, 0.1) is 0 Å². The molecule has 1 unspecified atom stereocenters. The Morgan fingerprint density at radius 2 is 1.97 bits per heavy atom. The third kappa shape index (κ3) is 4.57. The Labute approximate surface area is 178 Å². The van der Waals surface area contributed by atoms with Gasteiger partial charge >= 0.3 is 0 Å². The highest BCUT2D eigenvalue weighted by molar-refractivity contribution is 7.98. The third-order valence-electron chi connectivity index (χ3n) is 4.51. The first kappa shape index (κ1) is 19.8. The number of hydrogen-bond donors (Lipinski definition) is 2. The molecule has 1 aromatic carbocycles. The number of fused-ring (bicyclic) bond motifs is 1. The third-order valence-corrected chi connectivity index (χ3v) is 5.16. The summed E-state index contributed by atoms with van der Waals surface area (Å²) in [6.07, 6.45) is 8.02. The summed E-state index contributed by atoms with van der Waals surface area (Å²) in [5, 5.41) is 14.8. The molecule has 0 aliphatic carbocycles. The lowest BCUT2D eigenvalue weighted by Crippen LogP contribution is -2.30. The van der Waals surface area contributed by atoms with Crippen LogP contribution in [-0.4, -0.2) is 42.5 Å². The number of benzene rings is 1. The van der Waals surface area contributed by atoms with Crippen LogP contribution in [0.25, 0.3) is 5.65 Å². The van der Waals surface area contributed by atoms with Gasteiger partial charge in [-0.2, -0.15) is 11.8 Å². The average molecular weight is 420 g/mol. The molecular weight excluding hydrogens is 398 g/mol. The minimum absolute atomic E-state index is 0.175. The highest BCUT2D eigenvalue weighted by Crippen LogP contribution is 2.20. The van der Waals surface area contributed by atoms with Crippen LogP contribution >= 0.6 is 11.8 Å². The summed E-state index contributed by atoms with van der Waals surface area (Å²) >= 11 is 1.73. The Hall–Kier alpha value is -3.46. The Morgan fingerprint density at radius 1 is 1.10 bits per heavy atom. The number of anilines is 2. The van der Waals surface area contributed by atoms with Crippen LogP contribution in [0.15, 0.2) is 67.1 Å². The first-order chi connectivity index (χ1) is 14.7. The van der Waals surface area contributed by atoms with Gasteiger partial charge in [-0.05, 0) is 54.8 Å². The summed E-state index contributed by atoms with van der Waals surface area (Å²) < 4.78 is 1.91. The van der Waals surface area contributed by atoms with E-state index in [0.717, 1.165) is 29.3 Å². The number of pyridine rings is 1. The van der Waals surface area contributed by atoms with Gasteiger partial charge in [-0.15, -0.1) is 10.2 Å². The number of aromatic nitrogens is 5. The SMILES string of the molecule is CSCCC(NC(=O)c1cccc(Nc2ncccn2)c1)c1nnc2ccccn12. The van der Waals surface area contributed by atoms with E-state index in [4.69, 9.17) is 0 Å². The van der Waals surface area contributed by atoms with E-state index in [9.17, 15) is 4.79 Å². The van der Waals surface area contributed by atoms with Gasteiger partial charge in [0.1, 0.15) is 0 Å². The van der Waals surface area contributed by atoms with Gasteiger partial charge in [-0.3, -0.25) is 9.20 Å². The predicted molar refractivity (Wildman–Crippen MR) is 118 cm³/mol. The molecule has 1 amide bonds. The first-order valence-electron chi connectivity index (χ1n) is 9.48. The Bertz CT molecular complexity index is 1130. The lowest BCUT2D eigenvalue weighted by molar-refractivity contribution is 0.0934. The molecule has 4 rings (SSSR count). The van der Waals surface area contributed by atoms with Crippen LogP contribution in [0.5, 0.6) is 0 Å². The Kier molecular flexibility index (Phi) is 6.19. The number of amides is 1. The van der Waals surface area contributed by atoms with Gasteiger partial charge in [0.15, 0.2) is 11.5 Å². The molecule has 0 fully saturated rings. The number of hydrogen-bond acceptors (Lipinski definition) is 7. The van der Waals surface area contributed by atoms with Crippen molar-refractivity contribution in [1.29, 1.82) is 0 Å². The number of thioether (sulfide) groups is 1. The predicted octanol–water partition coefficient (Wildman–Crippen LogP) is 3.49. The fourth-order valence-corrected chi connectivity index (χ4v) is 3.54. The second kappa shape index (κ2) is 9.36. The quantitative estimate of drug-likeness (QED) is 0.451. The molecule has 2 N–H and O–H groups in total. The second-order valence-electron chi connectivity index (χ2n) is 6.57. The number of rotatable bonds is 8. The lowest BCUT2D eigenvalue weighted by Gasteiger charge is -2.17. The van der Waals surface area contributed by atoms with Crippen molar-refractivity contribution < 1.29 is 4.79 Å². The summed E-state index contributed by atoms with van der Waals surface area (Å²) in [6, 6.07) is 14.5. The monoisotopic (exact) mass is 419 g/mol. The molecule has 0 bridgehead atoms. The van der Waals surface area contributed by atoms with Crippen LogP contribution in [0.3, 0.4) is 0 Å².